The van der Waals surface area contributed by atoms with Crippen molar-refractivity contribution in [1.29, 1.82) is 0 Å². The smallest absolute Gasteiger partial charge is 0.0255 e. The van der Waals surface area contributed by atoms with Crippen molar-refractivity contribution in [2.45, 2.75) is 9.79 Å². The number of benzene rings is 1. The fourth-order valence-electron chi connectivity index (χ4n) is 0.824. The highest BCUT2D eigenvalue weighted by Gasteiger charge is 1.97. The van der Waals surface area contributed by atoms with Crippen molar-refractivity contribution in [3.05, 3.63) is 48.2 Å². The maximum absolute atomic E-state index is 3.69. The molecule has 0 nitrogen and oxygen atoms in total. The molecule has 12 heavy (non-hydrogen) atoms. The summed E-state index contributed by atoms with van der Waals surface area (Å²) < 4.78 is 0. The van der Waals surface area contributed by atoms with Gasteiger partial charge in [-0.05, 0) is 22.9 Å². The summed E-state index contributed by atoms with van der Waals surface area (Å²) in [4.78, 5) is 2.47. The Morgan fingerprint density at radius 2 is 1.33 bits per heavy atom. The fourth-order valence-corrected chi connectivity index (χ4v) is 2.15. The molecule has 0 heterocycles. The Bertz CT molecular complexity index is 250. The summed E-state index contributed by atoms with van der Waals surface area (Å²) in [7, 11) is 0. The van der Waals surface area contributed by atoms with Crippen LogP contribution in [-0.2, 0) is 0 Å². The van der Waals surface area contributed by atoms with E-state index in [0.717, 1.165) is 0 Å². The van der Waals surface area contributed by atoms with Gasteiger partial charge in [0.2, 0.25) is 0 Å². The van der Waals surface area contributed by atoms with Crippen LogP contribution in [-0.4, -0.2) is 0 Å². The quantitative estimate of drug-likeness (QED) is 0.660. The Labute approximate surface area is 81.8 Å². The lowest BCUT2D eigenvalue weighted by atomic mass is 10.4. The second-order valence-electron chi connectivity index (χ2n) is 2.02. The van der Waals surface area contributed by atoms with Gasteiger partial charge in [0.15, 0.2) is 0 Å². The van der Waals surface area contributed by atoms with Gasteiger partial charge in [-0.25, -0.2) is 0 Å². The highest BCUT2D eigenvalue weighted by atomic mass is 32.2. The van der Waals surface area contributed by atoms with E-state index >= 15 is 0 Å². The first-order chi connectivity index (χ1) is 5.88. The first-order valence-corrected chi connectivity index (χ1v) is 5.28. The van der Waals surface area contributed by atoms with E-state index in [1.165, 1.54) is 9.79 Å². The van der Waals surface area contributed by atoms with Gasteiger partial charge < -0.3 is 0 Å². The molecule has 0 aliphatic carbocycles. The van der Waals surface area contributed by atoms with E-state index in [2.05, 4.69) is 25.3 Å². The summed E-state index contributed by atoms with van der Waals surface area (Å²) in [6.07, 6.45) is 0. The summed E-state index contributed by atoms with van der Waals surface area (Å²) >= 11 is 3.27. The topological polar surface area (TPSA) is 0 Å². The molecule has 0 amide bonds. The van der Waals surface area contributed by atoms with E-state index in [1.54, 1.807) is 23.5 Å². The number of hydrogen-bond donors (Lipinski definition) is 0. The van der Waals surface area contributed by atoms with E-state index in [0.29, 0.717) is 0 Å². The molecule has 0 spiro atoms. The van der Waals surface area contributed by atoms with Gasteiger partial charge in [-0.3, -0.25) is 0 Å². The molecule has 0 saturated heterocycles. The summed E-state index contributed by atoms with van der Waals surface area (Å²) in [5, 5.41) is 3.67. The van der Waals surface area contributed by atoms with E-state index in [-0.39, 0.29) is 0 Å². The summed E-state index contributed by atoms with van der Waals surface area (Å²) in [5.41, 5.74) is 0. The minimum atomic E-state index is 1.23. The third kappa shape index (κ3) is 2.47. The second kappa shape index (κ2) is 5.12. The molecule has 2 heteroatoms. The van der Waals surface area contributed by atoms with Gasteiger partial charge in [-0.1, -0.05) is 48.8 Å². The largest absolute Gasteiger partial charge is 0.0975 e. The Kier molecular flexibility index (Phi) is 4.05. The van der Waals surface area contributed by atoms with Crippen molar-refractivity contribution in [2.75, 3.05) is 0 Å². The van der Waals surface area contributed by atoms with Crippen LogP contribution in [0.25, 0.3) is 0 Å². The third-order valence-electron chi connectivity index (χ3n) is 1.27. The highest BCUT2D eigenvalue weighted by molar-refractivity contribution is 8.05. The van der Waals surface area contributed by atoms with Crippen molar-refractivity contribution in [3.63, 3.8) is 0 Å². The molecule has 0 atom stereocenters. The number of rotatable bonds is 4. The van der Waals surface area contributed by atoms with Gasteiger partial charge in [0.1, 0.15) is 0 Å². The van der Waals surface area contributed by atoms with Crippen LogP contribution in [0.5, 0.6) is 0 Å². The summed E-state index contributed by atoms with van der Waals surface area (Å²) in [6.45, 7) is 7.37. The molecule has 62 valence electrons. The monoisotopic (exact) mass is 194 g/mol. The normalized spacial score (nSPS) is 9.33. The Morgan fingerprint density at radius 3 is 1.67 bits per heavy atom. The lowest BCUT2D eigenvalue weighted by molar-refractivity contribution is 1.26. The minimum Gasteiger partial charge on any atom is -0.0975 e. The van der Waals surface area contributed by atoms with Gasteiger partial charge in [-0.2, -0.15) is 0 Å². The first kappa shape index (κ1) is 9.49. The molecule has 0 aromatic heterocycles. The fraction of sp³-hybridized carbons (Fsp3) is 0. The molecule has 1 rings (SSSR count). The van der Waals surface area contributed by atoms with Crippen molar-refractivity contribution >= 4 is 23.5 Å². The maximum atomic E-state index is 3.69. The molecule has 0 aliphatic rings. The van der Waals surface area contributed by atoms with Crippen LogP contribution in [0, 0.1) is 0 Å². The minimum absolute atomic E-state index is 1.23. The van der Waals surface area contributed by atoms with E-state index in [1.807, 2.05) is 22.9 Å². The molecular weight excluding hydrogens is 184 g/mol. The van der Waals surface area contributed by atoms with Gasteiger partial charge in [0.05, 0.1) is 0 Å². The molecule has 1 aromatic rings. The molecular formula is C10H10S2. The van der Waals surface area contributed by atoms with Gasteiger partial charge >= 0.3 is 0 Å². The predicted octanol–water partition coefficient (Wildman–Crippen LogP) is 4.16. The molecule has 0 N–H and O–H groups in total. The molecule has 0 fully saturated rings. The van der Waals surface area contributed by atoms with Gasteiger partial charge in [-0.15, -0.1) is 0 Å². The maximum Gasteiger partial charge on any atom is 0.0255 e. The predicted molar refractivity (Wildman–Crippen MR) is 58.6 cm³/mol. The summed E-state index contributed by atoms with van der Waals surface area (Å²) in [5.74, 6) is 0. The average molecular weight is 194 g/mol. The Balaban J connectivity index is 2.90. The van der Waals surface area contributed by atoms with Crippen molar-refractivity contribution < 1.29 is 0 Å². The zero-order chi connectivity index (χ0) is 8.81. The van der Waals surface area contributed by atoms with Gasteiger partial charge in [0, 0.05) is 9.79 Å². The molecule has 0 unspecified atom stereocenters. The Morgan fingerprint density at radius 1 is 0.917 bits per heavy atom. The van der Waals surface area contributed by atoms with Gasteiger partial charge in [0.25, 0.3) is 0 Å². The molecule has 1 aromatic carbocycles. The van der Waals surface area contributed by atoms with E-state index < -0.39 is 0 Å². The first-order valence-electron chi connectivity index (χ1n) is 3.52. The van der Waals surface area contributed by atoms with Crippen molar-refractivity contribution in [1.82, 2.24) is 0 Å². The number of thioether (sulfide) groups is 2. The van der Waals surface area contributed by atoms with Crippen LogP contribution in [0.2, 0.25) is 0 Å². The second-order valence-corrected chi connectivity index (χ2v) is 4.03. The van der Waals surface area contributed by atoms with Crippen LogP contribution >= 0.6 is 23.5 Å². The van der Waals surface area contributed by atoms with Crippen LogP contribution in [0.3, 0.4) is 0 Å². The SMILES string of the molecule is C=CSc1ccccc1SC=C. The zero-order valence-electron chi connectivity index (χ0n) is 6.69. The molecule has 0 aliphatic heterocycles. The molecule has 0 radical (unpaired) electrons. The van der Waals surface area contributed by atoms with Crippen LogP contribution in [0.1, 0.15) is 0 Å². The van der Waals surface area contributed by atoms with Crippen LogP contribution in [0.4, 0.5) is 0 Å². The van der Waals surface area contributed by atoms with Crippen molar-refractivity contribution in [3.8, 4) is 0 Å². The molecule has 0 bridgehead atoms. The van der Waals surface area contributed by atoms with Crippen LogP contribution in [0.15, 0.2) is 58.0 Å². The average Bonchev–Trinajstić information content (AvgIpc) is 2.09. The third-order valence-corrected chi connectivity index (χ3v) is 2.95. The number of hydrogen-bond acceptors (Lipinski definition) is 2. The highest BCUT2D eigenvalue weighted by Crippen LogP contribution is 2.31. The standard InChI is InChI=1S/C10H10S2/c1-3-11-9-7-5-6-8-10(9)12-4-2/h3-8H,1-2H2. The lowest BCUT2D eigenvalue weighted by Gasteiger charge is -2.02. The zero-order valence-corrected chi connectivity index (χ0v) is 8.33. The lowest BCUT2D eigenvalue weighted by Crippen LogP contribution is -1.72. The van der Waals surface area contributed by atoms with E-state index in [9.17, 15) is 0 Å². The van der Waals surface area contributed by atoms with Crippen LogP contribution < -0.4 is 0 Å². The molecule has 0 saturated carbocycles. The Hall–Kier alpha value is -0.600. The van der Waals surface area contributed by atoms with E-state index in [4.69, 9.17) is 0 Å². The summed E-state index contributed by atoms with van der Waals surface area (Å²) in [6, 6.07) is 8.22. The van der Waals surface area contributed by atoms with Crippen molar-refractivity contribution in [2.24, 2.45) is 0 Å².